The standard InChI is InChI=1S/C22H32N6/c1-15-18(16(2)28(26-15)22(3,4)5)14-27-11-9-19-17(13-27)12-24-21(25-19)20-8-6-7-10-23-20/h12H,6-11,13-14H2,1-5H3. The first kappa shape index (κ1) is 19.2. The maximum Gasteiger partial charge on any atom is 0.173 e. The number of rotatable bonds is 3. The molecule has 0 spiro atoms. The van der Waals surface area contributed by atoms with Crippen LogP contribution in [0.4, 0.5) is 0 Å². The summed E-state index contributed by atoms with van der Waals surface area (Å²) in [5.74, 6) is 0.852. The lowest BCUT2D eigenvalue weighted by Gasteiger charge is -2.28. The van der Waals surface area contributed by atoms with Crippen molar-refractivity contribution in [1.29, 1.82) is 0 Å². The SMILES string of the molecule is Cc1nn(C(C)(C)C)c(C)c1CN1CCc2nc(C3=NCCCC3)ncc2C1. The summed E-state index contributed by atoms with van der Waals surface area (Å²) >= 11 is 0. The largest absolute Gasteiger partial charge is 0.294 e. The van der Waals surface area contributed by atoms with Crippen molar-refractivity contribution in [3.8, 4) is 0 Å². The summed E-state index contributed by atoms with van der Waals surface area (Å²) in [5, 5.41) is 4.81. The molecule has 2 aliphatic heterocycles. The van der Waals surface area contributed by atoms with E-state index in [2.05, 4.69) is 54.2 Å². The molecule has 0 radical (unpaired) electrons. The molecule has 0 amide bonds. The Balaban J connectivity index is 1.51. The number of aromatic nitrogens is 4. The van der Waals surface area contributed by atoms with Gasteiger partial charge in [-0.15, -0.1) is 0 Å². The van der Waals surface area contributed by atoms with Gasteiger partial charge in [-0.1, -0.05) is 0 Å². The van der Waals surface area contributed by atoms with Crippen molar-refractivity contribution < 1.29 is 0 Å². The van der Waals surface area contributed by atoms with Crippen LogP contribution in [0.3, 0.4) is 0 Å². The Morgan fingerprint density at radius 2 is 1.93 bits per heavy atom. The molecule has 2 aromatic rings. The van der Waals surface area contributed by atoms with Crippen molar-refractivity contribution in [3.63, 3.8) is 0 Å². The highest BCUT2D eigenvalue weighted by Gasteiger charge is 2.25. The fraction of sp³-hybridized carbons (Fsp3) is 0.636. The van der Waals surface area contributed by atoms with Crippen molar-refractivity contribution >= 4 is 5.71 Å². The number of hydrogen-bond donors (Lipinski definition) is 0. The Bertz CT molecular complexity index is 902. The van der Waals surface area contributed by atoms with Gasteiger partial charge in [0.15, 0.2) is 5.82 Å². The minimum Gasteiger partial charge on any atom is -0.294 e. The first-order chi connectivity index (χ1) is 13.3. The van der Waals surface area contributed by atoms with E-state index in [0.29, 0.717) is 0 Å². The Kier molecular flexibility index (Phi) is 5.08. The van der Waals surface area contributed by atoms with E-state index >= 15 is 0 Å². The minimum atomic E-state index is 0.00761. The van der Waals surface area contributed by atoms with Gasteiger partial charge in [-0.05, 0) is 53.9 Å². The normalized spacial score (nSPS) is 18.1. The molecule has 0 unspecified atom stereocenters. The average Bonchev–Trinajstić information content (AvgIpc) is 2.97. The molecule has 2 aromatic heterocycles. The Morgan fingerprint density at radius 3 is 2.61 bits per heavy atom. The van der Waals surface area contributed by atoms with Gasteiger partial charge in [0, 0.05) is 55.6 Å². The van der Waals surface area contributed by atoms with E-state index in [1.807, 2.05) is 6.20 Å². The van der Waals surface area contributed by atoms with Gasteiger partial charge in [0.05, 0.1) is 22.6 Å². The third-order valence-electron chi connectivity index (χ3n) is 5.85. The van der Waals surface area contributed by atoms with Crippen molar-refractivity contribution in [2.24, 2.45) is 4.99 Å². The summed E-state index contributed by atoms with van der Waals surface area (Å²) in [6.45, 7) is 14.7. The van der Waals surface area contributed by atoms with Gasteiger partial charge in [0.25, 0.3) is 0 Å². The summed E-state index contributed by atoms with van der Waals surface area (Å²) in [6, 6.07) is 0. The van der Waals surface area contributed by atoms with Crippen molar-refractivity contribution in [1.82, 2.24) is 24.6 Å². The number of fused-ring (bicyclic) bond motifs is 1. The predicted molar refractivity (Wildman–Crippen MR) is 112 cm³/mol. The van der Waals surface area contributed by atoms with Crippen LogP contribution < -0.4 is 0 Å². The number of hydrogen-bond acceptors (Lipinski definition) is 5. The molecule has 6 nitrogen and oxygen atoms in total. The fourth-order valence-corrected chi connectivity index (χ4v) is 4.31. The summed E-state index contributed by atoms with van der Waals surface area (Å²) in [7, 11) is 0. The highest BCUT2D eigenvalue weighted by molar-refractivity contribution is 5.97. The lowest BCUT2D eigenvalue weighted by molar-refractivity contribution is 0.241. The van der Waals surface area contributed by atoms with Gasteiger partial charge >= 0.3 is 0 Å². The monoisotopic (exact) mass is 380 g/mol. The van der Waals surface area contributed by atoms with Gasteiger partial charge in [0.1, 0.15) is 0 Å². The van der Waals surface area contributed by atoms with Gasteiger partial charge in [0.2, 0.25) is 0 Å². The summed E-state index contributed by atoms with van der Waals surface area (Å²) in [4.78, 5) is 16.6. The zero-order chi connectivity index (χ0) is 19.9. The molecule has 0 N–H and O–H groups in total. The topological polar surface area (TPSA) is 59.2 Å². The van der Waals surface area contributed by atoms with Crippen LogP contribution in [0.1, 0.15) is 74.1 Å². The van der Waals surface area contributed by atoms with E-state index in [-0.39, 0.29) is 5.54 Å². The number of nitrogens with zero attached hydrogens (tertiary/aromatic N) is 6. The van der Waals surface area contributed by atoms with Crippen LogP contribution in [0.2, 0.25) is 0 Å². The van der Waals surface area contributed by atoms with Crippen LogP contribution in [0.5, 0.6) is 0 Å². The first-order valence-corrected chi connectivity index (χ1v) is 10.5. The molecular formula is C22H32N6. The number of aryl methyl sites for hydroxylation is 1. The van der Waals surface area contributed by atoms with Crippen LogP contribution >= 0.6 is 0 Å². The maximum atomic E-state index is 4.86. The molecule has 0 aliphatic carbocycles. The van der Waals surface area contributed by atoms with E-state index < -0.39 is 0 Å². The molecule has 0 fully saturated rings. The van der Waals surface area contributed by atoms with E-state index in [9.17, 15) is 0 Å². The lowest BCUT2D eigenvalue weighted by Crippen LogP contribution is -2.32. The van der Waals surface area contributed by atoms with Crippen molar-refractivity contribution in [3.05, 3.63) is 40.2 Å². The molecule has 28 heavy (non-hydrogen) atoms. The Hall–Kier alpha value is -2.08. The second kappa shape index (κ2) is 7.39. The predicted octanol–water partition coefficient (Wildman–Crippen LogP) is 3.58. The van der Waals surface area contributed by atoms with Crippen LogP contribution in [0.15, 0.2) is 11.2 Å². The fourth-order valence-electron chi connectivity index (χ4n) is 4.31. The summed E-state index contributed by atoms with van der Waals surface area (Å²) in [6.07, 6.45) is 6.41. The highest BCUT2D eigenvalue weighted by atomic mass is 15.3. The summed E-state index contributed by atoms with van der Waals surface area (Å²) < 4.78 is 2.16. The van der Waals surface area contributed by atoms with Gasteiger partial charge in [-0.2, -0.15) is 5.10 Å². The smallest absolute Gasteiger partial charge is 0.173 e. The van der Waals surface area contributed by atoms with Crippen LogP contribution in [-0.2, 0) is 25.0 Å². The molecule has 0 atom stereocenters. The quantitative estimate of drug-likeness (QED) is 0.817. The zero-order valence-electron chi connectivity index (χ0n) is 17.9. The van der Waals surface area contributed by atoms with Gasteiger partial charge in [-0.3, -0.25) is 14.6 Å². The van der Waals surface area contributed by atoms with Crippen molar-refractivity contribution in [2.75, 3.05) is 13.1 Å². The third-order valence-corrected chi connectivity index (χ3v) is 5.85. The Morgan fingerprint density at radius 1 is 1.11 bits per heavy atom. The molecule has 0 aromatic carbocycles. The molecule has 6 heteroatoms. The van der Waals surface area contributed by atoms with Gasteiger partial charge in [-0.25, -0.2) is 9.97 Å². The molecule has 2 aliphatic rings. The third kappa shape index (κ3) is 3.75. The van der Waals surface area contributed by atoms with Gasteiger partial charge < -0.3 is 0 Å². The average molecular weight is 381 g/mol. The summed E-state index contributed by atoms with van der Waals surface area (Å²) in [5.41, 5.74) is 7.33. The molecular weight excluding hydrogens is 348 g/mol. The Labute approximate surface area is 168 Å². The van der Waals surface area contributed by atoms with Crippen LogP contribution in [0, 0.1) is 13.8 Å². The lowest BCUT2D eigenvalue weighted by atomic mass is 10.0. The first-order valence-electron chi connectivity index (χ1n) is 10.5. The highest BCUT2D eigenvalue weighted by Crippen LogP contribution is 2.25. The van der Waals surface area contributed by atoms with Crippen LogP contribution in [-0.4, -0.2) is 43.4 Å². The minimum absolute atomic E-state index is 0.00761. The van der Waals surface area contributed by atoms with E-state index in [1.54, 1.807) is 0 Å². The zero-order valence-corrected chi connectivity index (χ0v) is 17.9. The second-order valence-corrected chi connectivity index (χ2v) is 9.14. The molecule has 0 bridgehead atoms. The molecule has 4 rings (SSSR count). The van der Waals surface area contributed by atoms with E-state index in [0.717, 1.165) is 56.3 Å². The van der Waals surface area contributed by atoms with Crippen molar-refractivity contribution in [2.45, 2.75) is 78.9 Å². The van der Waals surface area contributed by atoms with E-state index in [4.69, 9.17) is 10.1 Å². The molecule has 4 heterocycles. The van der Waals surface area contributed by atoms with Crippen LogP contribution in [0.25, 0.3) is 0 Å². The molecule has 0 saturated heterocycles. The second-order valence-electron chi connectivity index (χ2n) is 9.14. The molecule has 0 saturated carbocycles. The maximum absolute atomic E-state index is 4.86. The molecule has 150 valence electrons. The van der Waals surface area contributed by atoms with E-state index in [1.165, 1.54) is 35.4 Å². The number of aliphatic imine (C=N–C) groups is 1.